The zero-order valence-corrected chi connectivity index (χ0v) is 18.9. The molecular weight excluding hydrogens is 422 g/mol. The van der Waals surface area contributed by atoms with Crippen LogP contribution in [-0.4, -0.2) is 31.0 Å². The van der Waals surface area contributed by atoms with E-state index in [9.17, 15) is 9.90 Å². The van der Waals surface area contributed by atoms with Crippen molar-refractivity contribution in [2.45, 2.75) is 13.8 Å². The largest absolute Gasteiger partial charge is 0.507 e. The number of rotatable bonds is 6. The molecule has 162 valence electrons. The lowest BCUT2D eigenvalue weighted by Crippen LogP contribution is -2.05. The van der Waals surface area contributed by atoms with Crippen molar-refractivity contribution in [3.05, 3.63) is 76.7 Å². The summed E-state index contributed by atoms with van der Waals surface area (Å²) >= 11 is 1.43. The van der Waals surface area contributed by atoms with Crippen molar-refractivity contribution < 1.29 is 19.4 Å². The molecule has 0 aliphatic rings. The summed E-state index contributed by atoms with van der Waals surface area (Å²) in [6.07, 6.45) is 1.57. The zero-order valence-electron chi connectivity index (χ0n) is 18.1. The molecule has 0 unspecified atom stereocenters. The number of carbonyl (C=O) groups excluding carboxylic acids is 1. The van der Waals surface area contributed by atoms with Gasteiger partial charge in [0.05, 0.1) is 13.7 Å². The van der Waals surface area contributed by atoms with Gasteiger partial charge in [-0.05, 0) is 60.5 Å². The number of aliphatic imine (C=N–C) groups is 1. The topological polar surface area (TPSA) is 68.1 Å². The average molecular weight is 446 g/mol. The molecule has 0 saturated heterocycles. The lowest BCUT2D eigenvalue weighted by atomic mass is 9.98. The number of esters is 1. The van der Waals surface area contributed by atoms with Crippen LogP contribution < -0.4 is 4.74 Å². The molecule has 6 heteroatoms. The van der Waals surface area contributed by atoms with Crippen molar-refractivity contribution in [2.75, 3.05) is 13.7 Å². The Bertz CT molecular complexity index is 1320. The van der Waals surface area contributed by atoms with E-state index in [2.05, 4.69) is 11.1 Å². The Balaban J connectivity index is 1.84. The Morgan fingerprint density at radius 1 is 1.09 bits per heavy atom. The zero-order chi connectivity index (χ0) is 22.7. The quantitative estimate of drug-likeness (QED) is 0.271. The summed E-state index contributed by atoms with van der Waals surface area (Å²) in [7, 11) is 1.65. The van der Waals surface area contributed by atoms with E-state index in [-0.39, 0.29) is 12.4 Å². The molecule has 4 rings (SSSR count). The fourth-order valence-corrected chi connectivity index (χ4v) is 4.60. The second-order valence-electron chi connectivity index (χ2n) is 7.18. The Morgan fingerprint density at radius 2 is 1.84 bits per heavy atom. The monoisotopic (exact) mass is 445 g/mol. The normalized spacial score (nSPS) is 11.2. The van der Waals surface area contributed by atoms with E-state index in [1.807, 2.05) is 43.3 Å². The van der Waals surface area contributed by atoms with Crippen LogP contribution in [0.4, 0.5) is 5.00 Å². The second-order valence-corrected chi connectivity index (χ2v) is 8.38. The van der Waals surface area contributed by atoms with Gasteiger partial charge >= 0.3 is 5.97 Å². The van der Waals surface area contributed by atoms with Crippen LogP contribution in [0.3, 0.4) is 0 Å². The molecule has 0 radical (unpaired) electrons. The number of phenolic OH excluding ortho intramolecular Hbond substituents is 1. The Morgan fingerprint density at radius 3 is 2.59 bits per heavy atom. The molecule has 3 aromatic carbocycles. The van der Waals surface area contributed by atoms with Crippen molar-refractivity contribution >= 4 is 39.3 Å². The minimum atomic E-state index is -0.411. The van der Waals surface area contributed by atoms with Gasteiger partial charge in [0.25, 0.3) is 0 Å². The Kier molecular flexibility index (Phi) is 6.23. The van der Waals surface area contributed by atoms with Crippen LogP contribution in [0.25, 0.3) is 21.9 Å². The van der Waals surface area contributed by atoms with Gasteiger partial charge in [-0.15, -0.1) is 11.3 Å². The Labute approximate surface area is 190 Å². The predicted molar refractivity (Wildman–Crippen MR) is 130 cm³/mol. The van der Waals surface area contributed by atoms with Crippen LogP contribution in [-0.2, 0) is 4.74 Å². The van der Waals surface area contributed by atoms with Gasteiger partial charge in [-0.2, -0.15) is 0 Å². The molecule has 0 atom stereocenters. The minimum Gasteiger partial charge on any atom is -0.507 e. The van der Waals surface area contributed by atoms with Crippen molar-refractivity contribution in [1.82, 2.24) is 0 Å². The number of aryl methyl sites for hydroxylation is 1. The number of benzene rings is 3. The van der Waals surface area contributed by atoms with Gasteiger partial charge in [-0.1, -0.05) is 30.3 Å². The van der Waals surface area contributed by atoms with Crippen molar-refractivity contribution in [1.29, 1.82) is 0 Å². The standard InChI is InChI=1S/C26H23NO4S/c1-4-31-26(29)24-23(19-10-9-18-14-21(30-3)12-11-17(18)13-19)16(2)32-25(24)27-15-20-7-5-6-8-22(20)28/h5-15,28H,4H2,1-3H3/b27-15+. The van der Waals surface area contributed by atoms with Crippen LogP contribution >= 0.6 is 11.3 Å². The van der Waals surface area contributed by atoms with Crippen LogP contribution in [0.2, 0.25) is 0 Å². The minimum absolute atomic E-state index is 0.132. The van der Waals surface area contributed by atoms with Crippen LogP contribution in [0.1, 0.15) is 27.7 Å². The molecule has 0 saturated carbocycles. The highest BCUT2D eigenvalue weighted by molar-refractivity contribution is 7.16. The highest BCUT2D eigenvalue weighted by atomic mass is 32.1. The van der Waals surface area contributed by atoms with E-state index >= 15 is 0 Å². The number of phenols is 1. The Hall–Kier alpha value is -3.64. The number of methoxy groups -OCH3 is 1. The molecule has 32 heavy (non-hydrogen) atoms. The van der Waals surface area contributed by atoms with Crippen LogP contribution in [0, 0.1) is 6.92 Å². The van der Waals surface area contributed by atoms with E-state index in [0.717, 1.165) is 32.5 Å². The number of hydrogen-bond acceptors (Lipinski definition) is 6. The first-order chi connectivity index (χ1) is 15.5. The number of fused-ring (bicyclic) bond motifs is 1. The van der Waals surface area contributed by atoms with Gasteiger partial charge in [0.15, 0.2) is 0 Å². The van der Waals surface area contributed by atoms with Crippen molar-refractivity contribution in [3.63, 3.8) is 0 Å². The first-order valence-electron chi connectivity index (χ1n) is 10.2. The van der Waals surface area contributed by atoms with E-state index in [0.29, 0.717) is 16.1 Å². The highest BCUT2D eigenvalue weighted by Crippen LogP contribution is 2.43. The molecule has 0 aliphatic carbocycles. The molecule has 5 nitrogen and oxygen atoms in total. The van der Waals surface area contributed by atoms with E-state index in [4.69, 9.17) is 9.47 Å². The first kappa shape index (κ1) is 21.6. The number of hydrogen-bond donors (Lipinski definition) is 1. The molecule has 1 heterocycles. The molecule has 0 aliphatic heterocycles. The lowest BCUT2D eigenvalue weighted by molar-refractivity contribution is 0.0528. The maximum atomic E-state index is 12.9. The van der Waals surface area contributed by atoms with Gasteiger partial charge < -0.3 is 14.6 Å². The smallest absolute Gasteiger partial charge is 0.341 e. The van der Waals surface area contributed by atoms with Gasteiger partial charge in [-0.25, -0.2) is 9.79 Å². The number of para-hydroxylation sites is 1. The maximum absolute atomic E-state index is 12.9. The third-order valence-electron chi connectivity index (χ3n) is 5.14. The SMILES string of the molecule is CCOC(=O)c1c(/N=C/c2ccccc2O)sc(C)c1-c1ccc2cc(OC)ccc2c1. The number of nitrogens with zero attached hydrogens (tertiary/aromatic N) is 1. The molecule has 0 fully saturated rings. The summed E-state index contributed by atoms with van der Waals surface area (Å²) < 4.78 is 10.7. The van der Waals surface area contributed by atoms with Gasteiger partial charge in [0.1, 0.15) is 22.1 Å². The summed E-state index contributed by atoms with van der Waals surface area (Å²) in [5.41, 5.74) is 2.75. The van der Waals surface area contributed by atoms with Crippen molar-refractivity contribution in [2.24, 2.45) is 4.99 Å². The summed E-state index contributed by atoms with van der Waals surface area (Å²) in [6, 6.07) is 18.9. The first-order valence-corrected chi connectivity index (χ1v) is 11.0. The molecule has 0 bridgehead atoms. The highest BCUT2D eigenvalue weighted by Gasteiger charge is 2.24. The van der Waals surface area contributed by atoms with Gasteiger partial charge in [-0.3, -0.25) is 0 Å². The molecule has 4 aromatic rings. The van der Waals surface area contributed by atoms with Crippen molar-refractivity contribution in [3.8, 4) is 22.6 Å². The summed E-state index contributed by atoms with van der Waals surface area (Å²) in [4.78, 5) is 18.5. The van der Waals surface area contributed by atoms with E-state index in [1.54, 1.807) is 38.4 Å². The maximum Gasteiger partial charge on any atom is 0.341 e. The van der Waals surface area contributed by atoms with Gasteiger partial charge in [0, 0.05) is 22.2 Å². The lowest BCUT2D eigenvalue weighted by Gasteiger charge is -2.09. The average Bonchev–Trinajstić information content (AvgIpc) is 3.14. The number of thiophene rings is 1. The van der Waals surface area contributed by atoms with E-state index < -0.39 is 5.97 Å². The van der Waals surface area contributed by atoms with Crippen LogP contribution in [0.15, 0.2) is 65.7 Å². The summed E-state index contributed by atoms with van der Waals surface area (Å²) in [5.74, 6) is 0.517. The number of aromatic hydroxyl groups is 1. The molecular formula is C26H23NO4S. The third-order valence-corrected chi connectivity index (χ3v) is 6.15. The fraction of sp³-hybridized carbons (Fsp3) is 0.154. The number of ether oxygens (including phenoxy) is 2. The molecule has 0 spiro atoms. The third kappa shape index (κ3) is 4.22. The number of carbonyl (C=O) groups is 1. The summed E-state index contributed by atoms with van der Waals surface area (Å²) in [5, 5.41) is 12.7. The summed E-state index contributed by atoms with van der Waals surface area (Å²) in [6.45, 7) is 4.03. The predicted octanol–water partition coefficient (Wildman–Crippen LogP) is 6.52. The van der Waals surface area contributed by atoms with E-state index in [1.165, 1.54) is 11.3 Å². The van der Waals surface area contributed by atoms with Crippen LogP contribution in [0.5, 0.6) is 11.5 Å². The molecule has 1 N–H and O–H groups in total. The van der Waals surface area contributed by atoms with Gasteiger partial charge in [0.2, 0.25) is 0 Å². The second kappa shape index (κ2) is 9.24. The molecule has 0 amide bonds. The fourth-order valence-electron chi connectivity index (χ4n) is 3.59. The molecule has 1 aromatic heterocycles.